The first-order valence-electron chi connectivity index (χ1n) is 6.06. The van der Waals surface area contributed by atoms with Gasteiger partial charge in [0, 0.05) is 13.0 Å². The maximum atomic E-state index is 11.0. The van der Waals surface area contributed by atoms with Gasteiger partial charge in [0.1, 0.15) is 0 Å². The number of aliphatic hydroxyl groups excluding tert-OH is 1. The molecule has 0 aromatic rings. The van der Waals surface area contributed by atoms with Crippen LogP contribution >= 0.6 is 0 Å². The van der Waals surface area contributed by atoms with E-state index in [1.165, 1.54) is 7.11 Å². The van der Waals surface area contributed by atoms with E-state index in [1.807, 2.05) is 0 Å². The van der Waals surface area contributed by atoms with E-state index in [4.69, 9.17) is 5.11 Å². The third kappa shape index (κ3) is 8.72. The van der Waals surface area contributed by atoms with Crippen LogP contribution in [-0.4, -0.2) is 24.8 Å². The second-order valence-electron chi connectivity index (χ2n) is 5.61. The van der Waals surface area contributed by atoms with Crippen LogP contribution in [0.25, 0.3) is 0 Å². The van der Waals surface area contributed by atoms with Crippen molar-refractivity contribution in [2.45, 2.75) is 52.9 Å². The first-order valence-corrected chi connectivity index (χ1v) is 6.06. The molecule has 0 aliphatic carbocycles. The number of hydrogen-bond donors (Lipinski definition) is 1. The molecule has 0 spiro atoms. The lowest BCUT2D eigenvalue weighted by Crippen LogP contribution is -2.15. The van der Waals surface area contributed by atoms with Crippen molar-refractivity contribution in [1.29, 1.82) is 0 Å². The van der Waals surface area contributed by atoms with E-state index in [0.717, 1.165) is 25.7 Å². The first kappa shape index (κ1) is 15.4. The molecule has 3 heteroatoms. The molecular formula is C13H26O3. The summed E-state index contributed by atoms with van der Waals surface area (Å²) in [5, 5.41) is 9.00. The number of esters is 1. The molecule has 0 rings (SSSR count). The predicted molar refractivity (Wildman–Crippen MR) is 65.1 cm³/mol. The van der Waals surface area contributed by atoms with E-state index in [2.05, 4.69) is 25.5 Å². The molecule has 1 N–H and O–H groups in total. The Morgan fingerprint density at radius 2 is 1.94 bits per heavy atom. The van der Waals surface area contributed by atoms with Crippen LogP contribution < -0.4 is 0 Å². The van der Waals surface area contributed by atoms with Crippen LogP contribution in [0.2, 0.25) is 0 Å². The van der Waals surface area contributed by atoms with E-state index in [1.54, 1.807) is 0 Å². The van der Waals surface area contributed by atoms with Gasteiger partial charge in [-0.1, -0.05) is 20.8 Å². The minimum Gasteiger partial charge on any atom is -0.469 e. The van der Waals surface area contributed by atoms with Gasteiger partial charge in [-0.25, -0.2) is 0 Å². The van der Waals surface area contributed by atoms with E-state index >= 15 is 0 Å². The van der Waals surface area contributed by atoms with Crippen LogP contribution in [0.1, 0.15) is 52.9 Å². The van der Waals surface area contributed by atoms with E-state index in [9.17, 15) is 4.79 Å². The molecule has 0 aliphatic heterocycles. The second-order valence-corrected chi connectivity index (χ2v) is 5.61. The molecule has 0 saturated carbocycles. The van der Waals surface area contributed by atoms with Gasteiger partial charge >= 0.3 is 5.97 Å². The average Bonchev–Trinajstić information content (AvgIpc) is 2.15. The summed E-state index contributed by atoms with van der Waals surface area (Å²) >= 11 is 0. The molecule has 0 aliphatic rings. The molecule has 0 fully saturated rings. The number of hydrogen-bond acceptors (Lipinski definition) is 3. The van der Waals surface area contributed by atoms with Crippen molar-refractivity contribution in [3.8, 4) is 0 Å². The van der Waals surface area contributed by atoms with Gasteiger partial charge in [-0.2, -0.15) is 0 Å². The number of carbonyl (C=O) groups is 1. The summed E-state index contributed by atoms with van der Waals surface area (Å²) < 4.78 is 4.60. The van der Waals surface area contributed by atoms with Crippen LogP contribution in [0.3, 0.4) is 0 Å². The van der Waals surface area contributed by atoms with Crippen molar-refractivity contribution < 1.29 is 14.6 Å². The summed E-state index contributed by atoms with van der Waals surface area (Å²) in [6, 6.07) is 0. The molecular weight excluding hydrogens is 204 g/mol. The van der Waals surface area contributed by atoms with Gasteiger partial charge in [0.2, 0.25) is 0 Å². The van der Waals surface area contributed by atoms with Gasteiger partial charge in [-0.05, 0) is 37.0 Å². The third-order valence-corrected chi connectivity index (χ3v) is 2.66. The van der Waals surface area contributed by atoms with E-state index < -0.39 is 0 Å². The van der Waals surface area contributed by atoms with Gasteiger partial charge < -0.3 is 9.84 Å². The minimum atomic E-state index is -0.140. The largest absolute Gasteiger partial charge is 0.469 e. The van der Waals surface area contributed by atoms with Gasteiger partial charge in [0.15, 0.2) is 0 Å². The van der Waals surface area contributed by atoms with Gasteiger partial charge in [0.05, 0.1) is 7.11 Å². The zero-order valence-electron chi connectivity index (χ0n) is 11.1. The predicted octanol–water partition coefficient (Wildman–Crippen LogP) is 2.76. The molecule has 0 saturated heterocycles. The number of ether oxygens (including phenoxy) is 1. The molecule has 16 heavy (non-hydrogen) atoms. The Bertz CT molecular complexity index is 194. The molecule has 0 bridgehead atoms. The summed E-state index contributed by atoms with van der Waals surface area (Å²) in [7, 11) is 1.42. The molecule has 1 atom stereocenters. The van der Waals surface area contributed by atoms with E-state index in [0.29, 0.717) is 12.3 Å². The summed E-state index contributed by atoms with van der Waals surface area (Å²) in [6.07, 6.45) is 4.26. The fourth-order valence-electron chi connectivity index (χ4n) is 2.03. The zero-order valence-corrected chi connectivity index (χ0v) is 11.1. The summed E-state index contributed by atoms with van der Waals surface area (Å²) in [4.78, 5) is 11.0. The van der Waals surface area contributed by atoms with E-state index in [-0.39, 0.29) is 18.0 Å². The average molecular weight is 230 g/mol. The topological polar surface area (TPSA) is 46.5 Å². The molecule has 0 amide bonds. The Balaban J connectivity index is 3.89. The molecule has 96 valence electrons. The van der Waals surface area contributed by atoms with Crippen LogP contribution in [0.5, 0.6) is 0 Å². The Labute approximate surface area is 99.2 Å². The molecule has 0 unspecified atom stereocenters. The highest BCUT2D eigenvalue weighted by molar-refractivity contribution is 5.68. The fraction of sp³-hybridized carbons (Fsp3) is 0.923. The van der Waals surface area contributed by atoms with Crippen molar-refractivity contribution in [2.24, 2.45) is 11.3 Å². The van der Waals surface area contributed by atoms with Crippen molar-refractivity contribution in [3.05, 3.63) is 0 Å². The lowest BCUT2D eigenvalue weighted by Gasteiger charge is -2.25. The van der Waals surface area contributed by atoms with Crippen molar-refractivity contribution in [2.75, 3.05) is 13.7 Å². The van der Waals surface area contributed by atoms with Crippen LogP contribution in [-0.2, 0) is 9.53 Å². The standard InChI is InChI=1S/C13H26O3/c1-13(2,3)10-11(8-9-14)6-5-7-12(15)16-4/h11,14H,5-10H2,1-4H3/t11-/m0/s1. The SMILES string of the molecule is COC(=O)CCC[C@@H](CCO)CC(C)(C)C. The molecule has 0 radical (unpaired) electrons. The lowest BCUT2D eigenvalue weighted by molar-refractivity contribution is -0.140. The van der Waals surface area contributed by atoms with Crippen molar-refractivity contribution in [3.63, 3.8) is 0 Å². The Morgan fingerprint density at radius 1 is 1.31 bits per heavy atom. The minimum absolute atomic E-state index is 0.140. The number of aliphatic hydroxyl groups is 1. The number of carbonyl (C=O) groups excluding carboxylic acids is 1. The third-order valence-electron chi connectivity index (χ3n) is 2.66. The van der Waals surface area contributed by atoms with Gasteiger partial charge in [-0.3, -0.25) is 4.79 Å². The summed E-state index contributed by atoms with van der Waals surface area (Å²) in [5.41, 5.74) is 0.283. The van der Waals surface area contributed by atoms with Crippen LogP contribution in [0.15, 0.2) is 0 Å². The van der Waals surface area contributed by atoms with Gasteiger partial charge in [-0.15, -0.1) is 0 Å². The highest BCUT2D eigenvalue weighted by Crippen LogP contribution is 2.29. The quantitative estimate of drug-likeness (QED) is 0.684. The first-order chi connectivity index (χ1) is 7.39. The maximum Gasteiger partial charge on any atom is 0.305 e. The zero-order chi connectivity index (χ0) is 12.6. The molecule has 0 aromatic heterocycles. The Hall–Kier alpha value is -0.570. The summed E-state index contributed by atoms with van der Waals surface area (Å²) in [6.45, 7) is 6.85. The highest BCUT2D eigenvalue weighted by atomic mass is 16.5. The van der Waals surface area contributed by atoms with Crippen molar-refractivity contribution >= 4 is 5.97 Å². The maximum absolute atomic E-state index is 11.0. The smallest absolute Gasteiger partial charge is 0.305 e. The van der Waals surface area contributed by atoms with Gasteiger partial charge in [0.25, 0.3) is 0 Å². The normalized spacial score (nSPS) is 13.6. The van der Waals surface area contributed by atoms with Crippen molar-refractivity contribution in [1.82, 2.24) is 0 Å². The molecule has 0 aromatic carbocycles. The molecule has 0 heterocycles. The Kier molecular flexibility index (Phi) is 7.39. The monoisotopic (exact) mass is 230 g/mol. The van der Waals surface area contributed by atoms with Crippen LogP contribution in [0, 0.1) is 11.3 Å². The molecule has 3 nitrogen and oxygen atoms in total. The van der Waals surface area contributed by atoms with Crippen LogP contribution in [0.4, 0.5) is 0 Å². The second kappa shape index (κ2) is 7.66. The lowest BCUT2D eigenvalue weighted by atomic mass is 9.81. The number of methoxy groups -OCH3 is 1. The fourth-order valence-corrected chi connectivity index (χ4v) is 2.03. The highest BCUT2D eigenvalue weighted by Gasteiger charge is 2.18. The summed E-state index contributed by atoms with van der Waals surface area (Å²) in [5.74, 6) is 0.369. The Morgan fingerprint density at radius 3 is 2.38 bits per heavy atom. The number of rotatable bonds is 7.